The van der Waals surface area contributed by atoms with E-state index in [-0.39, 0.29) is 0 Å². The highest BCUT2D eigenvalue weighted by Crippen LogP contribution is 2.38. The van der Waals surface area contributed by atoms with Crippen LogP contribution in [0.2, 0.25) is 0 Å². The number of likely N-dealkylation sites (tertiary alicyclic amines) is 1. The van der Waals surface area contributed by atoms with Crippen LogP contribution in [-0.4, -0.2) is 27.3 Å². The smallest absolute Gasteiger partial charge is 0.0767 e. The molecular weight excluding hydrogens is 302 g/mol. The van der Waals surface area contributed by atoms with Gasteiger partial charge < -0.3 is 0 Å². The first-order valence-corrected chi connectivity index (χ1v) is 8.44. The molecule has 2 atom stereocenters. The van der Waals surface area contributed by atoms with Gasteiger partial charge in [-0.3, -0.25) is 9.58 Å². The van der Waals surface area contributed by atoms with Crippen molar-refractivity contribution in [2.24, 2.45) is 13.0 Å². The van der Waals surface area contributed by atoms with E-state index in [4.69, 9.17) is 0 Å². The fourth-order valence-corrected chi connectivity index (χ4v) is 4.68. The topological polar surface area (TPSA) is 21.1 Å². The molecule has 3 nitrogen and oxygen atoms in total. The van der Waals surface area contributed by atoms with Crippen molar-refractivity contribution in [1.29, 1.82) is 0 Å². The third kappa shape index (κ3) is 2.49. The molecule has 106 valence electrons. The lowest BCUT2D eigenvalue weighted by molar-refractivity contribution is 0.103. The summed E-state index contributed by atoms with van der Waals surface area (Å²) in [5.74, 6) is 0.964. The molecule has 0 amide bonds. The van der Waals surface area contributed by atoms with Crippen LogP contribution in [0.15, 0.2) is 4.47 Å². The minimum absolute atomic E-state index is 0.834. The summed E-state index contributed by atoms with van der Waals surface area (Å²) in [6.07, 6.45) is 8.11. The number of fused-ring (bicyclic) bond motifs is 1. The van der Waals surface area contributed by atoms with Gasteiger partial charge in [0.1, 0.15) is 0 Å². The van der Waals surface area contributed by atoms with Crippen LogP contribution < -0.4 is 0 Å². The standard InChI is InChI=1S/C15H24BrN3/c1-3-12-15(16)14(18(2)17-12)10-19-9-5-7-11-6-4-8-13(11)19/h11,13H,3-10H2,1-2H3. The summed E-state index contributed by atoms with van der Waals surface area (Å²) in [6.45, 7) is 4.50. The van der Waals surface area contributed by atoms with E-state index in [1.165, 1.54) is 54.5 Å². The maximum Gasteiger partial charge on any atom is 0.0767 e. The molecule has 19 heavy (non-hydrogen) atoms. The molecule has 2 heterocycles. The van der Waals surface area contributed by atoms with Gasteiger partial charge in [-0.05, 0) is 60.5 Å². The van der Waals surface area contributed by atoms with E-state index in [0.717, 1.165) is 24.9 Å². The molecular formula is C15H24BrN3. The van der Waals surface area contributed by atoms with Crippen molar-refractivity contribution in [1.82, 2.24) is 14.7 Å². The molecule has 3 rings (SSSR count). The van der Waals surface area contributed by atoms with Crippen molar-refractivity contribution in [2.75, 3.05) is 6.54 Å². The van der Waals surface area contributed by atoms with Crippen LogP contribution >= 0.6 is 15.9 Å². The summed E-state index contributed by atoms with van der Waals surface area (Å²) >= 11 is 3.75. The summed E-state index contributed by atoms with van der Waals surface area (Å²) < 4.78 is 3.30. The Kier molecular flexibility index (Phi) is 3.99. The molecule has 0 bridgehead atoms. The van der Waals surface area contributed by atoms with E-state index < -0.39 is 0 Å². The van der Waals surface area contributed by atoms with Crippen molar-refractivity contribution >= 4 is 15.9 Å². The molecule has 2 aliphatic rings. The second-order valence-electron chi connectivity index (χ2n) is 6.06. The van der Waals surface area contributed by atoms with Crippen molar-refractivity contribution in [3.8, 4) is 0 Å². The Morgan fingerprint density at radius 1 is 1.26 bits per heavy atom. The van der Waals surface area contributed by atoms with Crippen molar-refractivity contribution in [3.05, 3.63) is 15.9 Å². The highest BCUT2D eigenvalue weighted by atomic mass is 79.9. The molecule has 0 spiro atoms. The van der Waals surface area contributed by atoms with Crippen LogP contribution in [0.3, 0.4) is 0 Å². The number of halogens is 1. The largest absolute Gasteiger partial charge is 0.294 e. The van der Waals surface area contributed by atoms with Gasteiger partial charge in [-0.15, -0.1) is 0 Å². The average Bonchev–Trinajstić information content (AvgIpc) is 2.98. The maximum atomic E-state index is 4.62. The molecule has 2 fully saturated rings. The van der Waals surface area contributed by atoms with Crippen molar-refractivity contribution < 1.29 is 0 Å². The molecule has 1 aliphatic carbocycles. The lowest BCUT2D eigenvalue weighted by Gasteiger charge is -2.37. The molecule has 1 aliphatic heterocycles. The normalized spacial score (nSPS) is 27.7. The fourth-order valence-electron chi connectivity index (χ4n) is 3.94. The second kappa shape index (κ2) is 5.57. The van der Waals surface area contributed by atoms with E-state index in [2.05, 4.69) is 44.6 Å². The third-order valence-corrected chi connectivity index (χ3v) is 5.88. The summed E-state index contributed by atoms with van der Waals surface area (Å²) in [5.41, 5.74) is 2.54. The molecule has 0 radical (unpaired) electrons. The molecule has 0 aromatic carbocycles. The van der Waals surface area contributed by atoms with Gasteiger partial charge in [-0.2, -0.15) is 5.10 Å². The Balaban J connectivity index is 1.79. The number of nitrogens with zero attached hydrogens (tertiary/aromatic N) is 3. The lowest BCUT2D eigenvalue weighted by Crippen LogP contribution is -2.42. The predicted octanol–water partition coefficient (Wildman–Crippen LogP) is 3.51. The van der Waals surface area contributed by atoms with E-state index in [9.17, 15) is 0 Å². The van der Waals surface area contributed by atoms with Gasteiger partial charge in [0, 0.05) is 19.6 Å². The van der Waals surface area contributed by atoms with E-state index in [1.54, 1.807) is 0 Å². The minimum atomic E-state index is 0.834. The maximum absolute atomic E-state index is 4.62. The SMILES string of the molecule is CCc1nn(C)c(CN2CCCC3CCCC32)c1Br. The number of piperidine rings is 1. The van der Waals surface area contributed by atoms with Crippen molar-refractivity contribution in [2.45, 2.75) is 58.0 Å². The average molecular weight is 326 g/mol. The van der Waals surface area contributed by atoms with Gasteiger partial charge in [0.25, 0.3) is 0 Å². The quantitative estimate of drug-likeness (QED) is 0.847. The van der Waals surface area contributed by atoms with Crippen molar-refractivity contribution in [3.63, 3.8) is 0 Å². The third-order valence-electron chi connectivity index (χ3n) is 4.96. The Labute approximate surface area is 124 Å². The van der Waals surface area contributed by atoms with Gasteiger partial charge >= 0.3 is 0 Å². The minimum Gasteiger partial charge on any atom is -0.294 e. The zero-order valence-electron chi connectivity index (χ0n) is 12.0. The summed E-state index contributed by atoms with van der Waals surface area (Å²) in [4.78, 5) is 2.71. The molecule has 0 N–H and O–H groups in total. The highest BCUT2D eigenvalue weighted by Gasteiger charge is 2.35. The fraction of sp³-hybridized carbons (Fsp3) is 0.800. The number of aromatic nitrogens is 2. The first-order valence-electron chi connectivity index (χ1n) is 7.65. The van der Waals surface area contributed by atoms with E-state index in [0.29, 0.717) is 0 Å². The van der Waals surface area contributed by atoms with Gasteiger partial charge in [-0.25, -0.2) is 0 Å². The number of aryl methyl sites for hydroxylation is 2. The van der Waals surface area contributed by atoms with Crippen LogP contribution in [0.5, 0.6) is 0 Å². The number of hydrogen-bond acceptors (Lipinski definition) is 2. The van der Waals surface area contributed by atoms with Crippen LogP contribution in [-0.2, 0) is 20.0 Å². The second-order valence-corrected chi connectivity index (χ2v) is 6.85. The molecule has 1 aromatic rings. The van der Waals surface area contributed by atoms with Crippen LogP contribution in [0, 0.1) is 5.92 Å². The molecule has 1 saturated carbocycles. The van der Waals surface area contributed by atoms with Crippen LogP contribution in [0.4, 0.5) is 0 Å². The van der Waals surface area contributed by atoms with Gasteiger partial charge in [0.05, 0.1) is 15.9 Å². The van der Waals surface area contributed by atoms with Gasteiger partial charge in [0.15, 0.2) is 0 Å². The zero-order chi connectivity index (χ0) is 13.4. The lowest BCUT2D eigenvalue weighted by atomic mass is 9.92. The van der Waals surface area contributed by atoms with E-state index in [1.807, 2.05) is 0 Å². The Morgan fingerprint density at radius 2 is 2.05 bits per heavy atom. The number of hydrogen-bond donors (Lipinski definition) is 0. The molecule has 2 unspecified atom stereocenters. The van der Waals surface area contributed by atoms with Crippen LogP contribution in [0.25, 0.3) is 0 Å². The number of rotatable bonds is 3. The Bertz CT molecular complexity index is 454. The molecule has 1 aromatic heterocycles. The van der Waals surface area contributed by atoms with Gasteiger partial charge in [0.2, 0.25) is 0 Å². The highest BCUT2D eigenvalue weighted by molar-refractivity contribution is 9.10. The Morgan fingerprint density at radius 3 is 2.79 bits per heavy atom. The van der Waals surface area contributed by atoms with Crippen LogP contribution in [0.1, 0.15) is 50.4 Å². The summed E-state index contributed by atoms with van der Waals surface area (Å²) in [6, 6.07) is 0.834. The summed E-state index contributed by atoms with van der Waals surface area (Å²) in [7, 11) is 2.08. The first-order chi connectivity index (χ1) is 9.20. The molecule has 1 saturated heterocycles. The monoisotopic (exact) mass is 325 g/mol. The van der Waals surface area contributed by atoms with Gasteiger partial charge in [-0.1, -0.05) is 13.3 Å². The predicted molar refractivity (Wildman–Crippen MR) is 81.1 cm³/mol. The summed E-state index contributed by atoms with van der Waals surface area (Å²) in [5, 5.41) is 4.62. The Hall–Kier alpha value is -0.350. The van der Waals surface area contributed by atoms with E-state index >= 15 is 0 Å². The first kappa shape index (κ1) is 13.6. The zero-order valence-corrected chi connectivity index (χ0v) is 13.6. The molecule has 4 heteroatoms.